The van der Waals surface area contributed by atoms with Crippen LogP contribution in [0.2, 0.25) is 0 Å². The van der Waals surface area contributed by atoms with Crippen molar-refractivity contribution in [2.45, 2.75) is 32.7 Å². The molecule has 0 aliphatic carbocycles. The fourth-order valence-electron chi connectivity index (χ4n) is 3.75. The lowest BCUT2D eigenvalue weighted by atomic mass is 9.98. The summed E-state index contributed by atoms with van der Waals surface area (Å²) in [4.78, 5) is 39.1. The van der Waals surface area contributed by atoms with Gasteiger partial charge in [0.1, 0.15) is 23.5 Å². The lowest BCUT2D eigenvalue weighted by molar-refractivity contribution is -0.139. The van der Waals surface area contributed by atoms with Crippen LogP contribution in [0.4, 0.5) is 14.6 Å². The van der Waals surface area contributed by atoms with Gasteiger partial charge in [-0.3, -0.25) is 14.4 Å². The molecule has 1 atom stereocenters. The summed E-state index contributed by atoms with van der Waals surface area (Å²) < 4.78 is 27.3. The number of H-pyrrole nitrogens is 1. The molecule has 0 amide bonds. The molecule has 184 valence electrons. The third kappa shape index (κ3) is 6.39. The van der Waals surface area contributed by atoms with Crippen molar-refractivity contribution < 1.29 is 23.5 Å². The molecule has 0 saturated carbocycles. The molecule has 0 radical (unpaired) electrons. The first-order valence-corrected chi connectivity index (χ1v) is 11.1. The molecule has 0 unspecified atom stereocenters. The van der Waals surface area contributed by atoms with Gasteiger partial charge < -0.3 is 21.1 Å². The summed E-state index contributed by atoms with van der Waals surface area (Å²) in [6.07, 6.45) is 1.10. The number of anilines is 1. The van der Waals surface area contributed by atoms with Gasteiger partial charge in [0.25, 0.3) is 5.56 Å². The molecule has 7 nitrogen and oxygen atoms in total. The summed E-state index contributed by atoms with van der Waals surface area (Å²) in [5.41, 5.74) is 6.43. The van der Waals surface area contributed by atoms with E-state index in [2.05, 4.69) is 10.3 Å². The van der Waals surface area contributed by atoms with Crippen LogP contribution >= 0.6 is 0 Å². The molecule has 35 heavy (non-hydrogen) atoms. The minimum absolute atomic E-state index is 0.108. The van der Waals surface area contributed by atoms with Gasteiger partial charge in [0.15, 0.2) is 5.78 Å². The van der Waals surface area contributed by atoms with E-state index >= 15 is 0 Å². The molecule has 3 aromatic rings. The molecule has 0 saturated heterocycles. The van der Waals surface area contributed by atoms with Crippen LogP contribution in [-0.4, -0.2) is 34.4 Å². The molecule has 0 fully saturated rings. The predicted molar refractivity (Wildman–Crippen MR) is 129 cm³/mol. The van der Waals surface area contributed by atoms with Crippen LogP contribution < -0.4 is 16.6 Å². The van der Waals surface area contributed by atoms with Crippen molar-refractivity contribution in [3.8, 4) is 11.1 Å². The van der Waals surface area contributed by atoms with Gasteiger partial charge in [-0.1, -0.05) is 38.1 Å². The van der Waals surface area contributed by atoms with Crippen LogP contribution in [0, 0.1) is 17.6 Å². The van der Waals surface area contributed by atoms with Gasteiger partial charge in [0.05, 0.1) is 11.1 Å². The highest BCUT2D eigenvalue weighted by atomic mass is 19.1. The number of pyridine rings is 1. The number of ketones is 1. The van der Waals surface area contributed by atoms with Crippen LogP contribution in [0.15, 0.2) is 53.3 Å². The monoisotopic (exact) mass is 483 g/mol. The van der Waals surface area contributed by atoms with E-state index in [0.717, 1.165) is 17.7 Å². The molecule has 1 aromatic heterocycles. The molecule has 0 bridgehead atoms. The zero-order chi connectivity index (χ0) is 25.7. The molecule has 3 rings (SSSR count). The van der Waals surface area contributed by atoms with E-state index in [1.807, 2.05) is 13.8 Å². The molecular weight excluding hydrogens is 456 g/mol. The maximum Gasteiger partial charge on any atom is 0.320 e. The highest BCUT2D eigenvalue weighted by Crippen LogP contribution is 2.23. The quantitative estimate of drug-likeness (QED) is 0.326. The Morgan fingerprint density at radius 3 is 2.34 bits per heavy atom. The van der Waals surface area contributed by atoms with Gasteiger partial charge in [0.2, 0.25) is 0 Å². The molecule has 2 aromatic carbocycles. The molecule has 9 heteroatoms. The van der Waals surface area contributed by atoms with Gasteiger partial charge >= 0.3 is 5.97 Å². The molecule has 0 aliphatic rings. The van der Waals surface area contributed by atoms with Crippen LogP contribution in [0.25, 0.3) is 11.1 Å². The Kier molecular flexibility index (Phi) is 8.14. The van der Waals surface area contributed by atoms with Gasteiger partial charge in [0, 0.05) is 11.6 Å². The summed E-state index contributed by atoms with van der Waals surface area (Å²) in [7, 11) is 0. The normalized spacial score (nSPS) is 12.0. The minimum atomic E-state index is -1.03. The van der Waals surface area contributed by atoms with E-state index in [-0.39, 0.29) is 28.4 Å². The van der Waals surface area contributed by atoms with E-state index < -0.39 is 35.0 Å². The van der Waals surface area contributed by atoms with Crippen molar-refractivity contribution in [2.24, 2.45) is 5.92 Å². The minimum Gasteiger partial charge on any atom is -0.480 e. The molecule has 5 N–H and O–H groups in total. The van der Waals surface area contributed by atoms with Crippen molar-refractivity contribution in [1.82, 2.24) is 10.3 Å². The van der Waals surface area contributed by atoms with Crippen LogP contribution in [0.1, 0.15) is 41.8 Å². The number of halogens is 2. The van der Waals surface area contributed by atoms with Crippen molar-refractivity contribution >= 4 is 17.6 Å². The first kappa shape index (κ1) is 25.8. The molecular formula is C26H27F2N3O4. The molecule has 0 aliphatic heterocycles. The highest BCUT2D eigenvalue weighted by Gasteiger charge is 2.20. The fourth-order valence-corrected chi connectivity index (χ4v) is 3.75. The number of nitrogens with one attached hydrogen (secondary N) is 2. The topological polar surface area (TPSA) is 125 Å². The number of carboxylic acids is 1. The standard InChI is InChI=1S/C26H27F2N3O4/c1-14(2)11-22(26(34)35)30-10-9-15-3-5-16(6-4-15)19-13-20(24(29)31-25(19)33)23(32)18-8-7-17(27)12-21(18)28/h3-8,12-14,22,30H,9-11H2,1-2H3,(H,34,35)(H3,29,31,33)/t22-/m0/s1. The zero-order valence-corrected chi connectivity index (χ0v) is 19.4. The summed E-state index contributed by atoms with van der Waals surface area (Å²) in [6, 6.07) is 10.3. The second-order valence-corrected chi connectivity index (χ2v) is 8.71. The number of hydrogen-bond donors (Lipinski definition) is 4. The van der Waals surface area contributed by atoms with Crippen molar-refractivity contribution in [2.75, 3.05) is 12.3 Å². The summed E-state index contributed by atoms with van der Waals surface area (Å²) in [5, 5.41) is 12.4. The second kappa shape index (κ2) is 11.1. The number of benzene rings is 2. The second-order valence-electron chi connectivity index (χ2n) is 8.71. The number of nitrogen functional groups attached to an aromatic ring is 1. The number of nitrogens with two attached hydrogens (primary N) is 1. The first-order valence-electron chi connectivity index (χ1n) is 11.1. The lowest BCUT2D eigenvalue weighted by Crippen LogP contribution is -2.38. The van der Waals surface area contributed by atoms with Crippen molar-refractivity contribution in [3.05, 3.63) is 87.2 Å². The summed E-state index contributed by atoms with van der Waals surface area (Å²) in [5.74, 6) is -3.49. The number of aromatic amines is 1. The molecule has 0 spiro atoms. The summed E-state index contributed by atoms with van der Waals surface area (Å²) >= 11 is 0. The fraction of sp³-hybridized carbons (Fsp3) is 0.269. The smallest absolute Gasteiger partial charge is 0.320 e. The number of carboxylic acid groups (broad SMARTS) is 1. The number of aromatic nitrogens is 1. The van der Waals surface area contributed by atoms with E-state index in [0.29, 0.717) is 31.0 Å². The highest BCUT2D eigenvalue weighted by molar-refractivity contribution is 6.12. The van der Waals surface area contributed by atoms with Crippen LogP contribution in [0.3, 0.4) is 0 Å². The molecule has 1 heterocycles. The number of aliphatic carboxylic acids is 1. The van der Waals surface area contributed by atoms with E-state index in [1.54, 1.807) is 24.3 Å². The van der Waals surface area contributed by atoms with Crippen LogP contribution in [0.5, 0.6) is 0 Å². The Balaban J connectivity index is 1.78. The van der Waals surface area contributed by atoms with E-state index in [1.165, 1.54) is 6.07 Å². The number of hydrogen-bond acceptors (Lipinski definition) is 5. The zero-order valence-electron chi connectivity index (χ0n) is 19.4. The lowest BCUT2D eigenvalue weighted by Gasteiger charge is -2.16. The van der Waals surface area contributed by atoms with Gasteiger partial charge in [-0.2, -0.15) is 0 Å². The Morgan fingerprint density at radius 1 is 1.06 bits per heavy atom. The summed E-state index contributed by atoms with van der Waals surface area (Å²) in [6.45, 7) is 4.39. The number of carbonyl (C=O) groups is 2. The van der Waals surface area contributed by atoms with Crippen molar-refractivity contribution in [3.63, 3.8) is 0 Å². The predicted octanol–water partition coefficient (Wildman–Crippen LogP) is 3.76. The Morgan fingerprint density at radius 2 is 1.74 bits per heavy atom. The first-order chi connectivity index (χ1) is 16.6. The van der Waals surface area contributed by atoms with Gasteiger partial charge in [-0.15, -0.1) is 0 Å². The maximum atomic E-state index is 14.1. The van der Waals surface area contributed by atoms with E-state index in [4.69, 9.17) is 5.73 Å². The average molecular weight is 484 g/mol. The van der Waals surface area contributed by atoms with E-state index in [9.17, 15) is 28.3 Å². The third-order valence-corrected chi connectivity index (χ3v) is 5.57. The Bertz CT molecular complexity index is 1290. The Labute approximate surface area is 201 Å². The maximum absolute atomic E-state index is 14.1. The van der Waals surface area contributed by atoms with Crippen molar-refractivity contribution in [1.29, 1.82) is 0 Å². The SMILES string of the molecule is CC(C)C[C@H](NCCc1ccc(-c2cc(C(=O)c3ccc(F)cc3F)c(N)[nH]c2=O)cc1)C(=O)O. The van der Waals surface area contributed by atoms with Gasteiger partial charge in [-0.25, -0.2) is 8.78 Å². The van der Waals surface area contributed by atoms with Crippen LogP contribution in [-0.2, 0) is 11.2 Å². The average Bonchev–Trinajstić information content (AvgIpc) is 2.78. The number of rotatable bonds is 10. The largest absolute Gasteiger partial charge is 0.480 e. The third-order valence-electron chi connectivity index (χ3n) is 5.57. The number of carbonyl (C=O) groups excluding carboxylic acids is 1. The Hall–Kier alpha value is -3.85. The van der Waals surface area contributed by atoms with Gasteiger partial charge in [-0.05, 0) is 54.6 Å².